The Labute approximate surface area is 129 Å². The summed E-state index contributed by atoms with van der Waals surface area (Å²) < 4.78 is 6.04. The average Bonchev–Trinajstić information content (AvgIpc) is 2.84. The first-order valence-corrected chi connectivity index (χ1v) is 7.78. The van der Waals surface area contributed by atoms with Crippen LogP contribution in [0.15, 0.2) is 10.7 Å². The van der Waals surface area contributed by atoms with E-state index >= 15 is 0 Å². The molecular weight excluding hydrogens is 320 g/mol. The van der Waals surface area contributed by atoms with E-state index < -0.39 is 0 Å². The van der Waals surface area contributed by atoms with Gasteiger partial charge >= 0.3 is 0 Å². The summed E-state index contributed by atoms with van der Waals surface area (Å²) in [6, 6.07) is 0.445. The second-order valence-electron chi connectivity index (χ2n) is 6.15. The lowest BCUT2D eigenvalue weighted by atomic mass is 10.1. The monoisotopic (exact) mass is 342 g/mol. The van der Waals surface area contributed by atoms with Gasteiger partial charge in [0.15, 0.2) is 0 Å². The van der Waals surface area contributed by atoms with Gasteiger partial charge in [0.05, 0.1) is 17.8 Å². The Morgan fingerprint density at radius 2 is 2.25 bits per heavy atom. The van der Waals surface area contributed by atoms with Gasteiger partial charge in [-0.15, -0.1) is 0 Å². The summed E-state index contributed by atoms with van der Waals surface area (Å²) >= 11 is 3.39. The Balaban J connectivity index is 2.10. The second kappa shape index (κ2) is 6.26. The van der Waals surface area contributed by atoms with Crippen molar-refractivity contribution in [1.82, 2.24) is 15.3 Å². The lowest BCUT2D eigenvalue weighted by molar-refractivity contribution is 0.390. The van der Waals surface area contributed by atoms with Crippen LogP contribution >= 0.6 is 15.9 Å². The van der Waals surface area contributed by atoms with Crippen molar-refractivity contribution in [2.75, 3.05) is 25.1 Å². The summed E-state index contributed by atoms with van der Waals surface area (Å²) in [6.45, 7) is 8.51. The SMILES string of the molecule is COc1nc(N2CCCC2CNC(C)(C)C)ncc1Br. The number of anilines is 1. The largest absolute Gasteiger partial charge is 0.480 e. The van der Waals surface area contributed by atoms with Crippen LogP contribution in [0.2, 0.25) is 0 Å². The fourth-order valence-corrected chi connectivity index (χ4v) is 2.71. The smallest absolute Gasteiger partial charge is 0.232 e. The Morgan fingerprint density at radius 3 is 2.90 bits per heavy atom. The first-order valence-electron chi connectivity index (χ1n) is 6.99. The third kappa shape index (κ3) is 3.82. The Bertz CT molecular complexity index is 461. The molecule has 112 valence electrons. The molecule has 2 heterocycles. The summed E-state index contributed by atoms with van der Waals surface area (Å²) in [4.78, 5) is 11.2. The van der Waals surface area contributed by atoms with E-state index in [-0.39, 0.29) is 5.54 Å². The fraction of sp³-hybridized carbons (Fsp3) is 0.714. The molecule has 0 aromatic carbocycles. The molecule has 0 spiro atoms. The van der Waals surface area contributed by atoms with Crippen LogP contribution in [0.4, 0.5) is 5.95 Å². The standard InChI is InChI=1S/C14H23BrN4O/c1-14(2,3)17-8-10-6-5-7-19(10)13-16-9-11(15)12(18-13)20-4/h9-10,17H,5-8H2,1-4H3. The zero-order valence-corrected chi connectivity index (χ0v) is 14.2. The summed E-state index contributed by atoms with van der Waals surface area (Å²) in [5, 5.41) is 3.57. The second-order valence-corrected chi connectivity index (χ2v) is 7.00. The lowest BCUT2D eigenvalue weighted by Gasteiger charge is -2.29. The zero-order valence-electron chi connectivity index (χ0n) is 12.6. The molecule has 1 atom stereocenters. The molecule has 1 unspecified atom stereocenters. The molecule has 1 aliphatic rings. The predicted octanol–water partition coefficient (Wildman–Crippen LogP) is 2.60. The number of aromatic nitrogens is 2. The van der Waals surface area contributed by atoms with Crippen LogP contribution in [0.5, 0.6) is 5.88 Å². The highest BCUT2D eigenvalue weighted by Crippen LogP contribution is 2.27. The van der Waals surface area contributed by atoms with Crippen molar-refractivity contribution in [2.45, 2.75) is 45.2 Å². The van der Waals surface area contributed by atoms with Gasteiger partial charge in [-0.05, 0) is 49.5 Å². The van der Waals surface area contributed by atoms with Gasteiger partial charge in [-0.25, -0.2) is 4.98 Å². The average molecular weight is 343 g/mol. The molecule has 0 bridgehead atoms. The van der Waals surface area contributed by atoms with Crippen molar-refractivity contribution in [2.24, 2.45) is 0 Å². The van der Waals surface area contributed by atoms with Crippen LogP contribution in [-0.4, -0.2) is 41.7 Å². The normalized spacial score (nSPS) is 19.4. The molecule has 1 aromatic heterocycles. The van der Waals surface area contributed by atoms with Crippen molar-refractivity contribution < 1.29 is 4.74 Å². The first kappa shape index (κ1) is 15.5. The number of hydrogen-bond acceptors (Lipinski definition) is 5. The molecule has 0 aliphatic carbocycles. The number of halogens is 1. The minimum Gasteiger partial charge on any atom is -0.480 e. The fourth-order valence-electron chi connectivity index (χ4n) is 2.36. The maximum atomic E-state index is 5.25. The molecule has 1 saturated heterocycles. The molecule has 2 rings (SSSR count). The van der Waals surface area contributed by atoms with Gasteiger partial charge in [0.2, 0.25) is 11.8 Å². The minimum atomic E-state index is 0.131. The Kier molecular flexibility index (Phi) is 4.86. The molecule has 6 heteroatoms. The summed E-state index contributed by atoms with van der Waals surface area (Å²) in [5.74, 6) is 1.34. The number of methoxy groups -OCH3 is 1. The van der Waals surface area contributed by atoms with E-state index in [0.29, 0.717) is 11.9 Å². The van der Waals surface area contributed by atoms with E-state index in [1.807, 2.05) is 0 Å². The van der Waals surface area contributed by atoms with E-state index in [1.54, 1.807) is 13.3 Å². The maximum Gasteiger partial charge on any atom is 0.232 e. The van der Waals surface area contributed by atoms with Crippen LogP contribution in [0.1, 0.15) is 33.6 Å². The van der Waals surface area contributed by atoms with Crippen molar-refractivity contribution in [3.63, 3.8) is 0 Å². The van der Waals surface area contributed by atoms with E-state index in [4.69, 9.17) is 4.74 Å². The lowest BCUT2D eigenvalue weighted by Crippen LogP contribution is -2.45. The quantitative estimate of drug-likeness (QED) is 0.911. The summed E-state index contributed by atoms with van der Waals surface area (Å²) in [7, 11) is 1.62. The zero-order chi connectivity index (χ0) is 14.8. The summed E-state index contributed by atoms with van der Waals surface area (Å²) in [6.07, 6.45) is 4.11. The molecule has 0 radical (unpaired) electrons. The summed E-state index contributed by atoms with van der Waals surface area (Å²) in [5.41, 5.74) is 0.131. The van der Waals surface area contributed by atoms with Gasteiger partial charge in [-0.3, -0.25) is 0 Å². The molecule has 5 nitrogen and oxygen atoms in total. The third-order valence-electron chi connectivity index (χ3n) is 3.39. The number of rotatable bonds is 4. The highest BCUT2D eigenvalue weighted by Gasteiger charge is 2.28. The van der Waals surface area contributed by atoms with Gasteiger partial charge in [0.25, 0.3) is 0 Å². The van der Waals surface area contributed by atoms with E-state index in [1.165, 1.54) is 12.8 Å². The van der Waals surface area contributed by atoms with Crippen LogP contribution in [0.3, 0.4) is 0 Å². The molecule has 0 saturated carbocycles. The number of nitrogens with one attached hydrogen (secondary N) is 1. The topological polar surface area (TPSA) is 50.3 Å². The van der Waals surface area contributed by atoms with Gasteiger partial charge in [0, 0.05) is 24.7 Å². The van der Waals surface area contributed by atoms with Gasteiger partial charge in [-0.1, -0.05) is 0 Å². The van der Waals surface area contributed by atoms with Crippen LogP contribution in [0, 0.1) is 0 Å². The molecular formula is C14H23BrN4O. The number of hydrogen-bond donors (Lipinski definition) is 1. The highest BCUT2D eigenvalue weighted by molar-refractivity contribution is 9.10. The highest BCUT2D eigenvalue weighted by atomic mass is 79.9. The van der Waals surface area contributed by atoms with E-state index in [2.05, 4.69) is 56.9 Å². The van der Waals surface area contributed by atoms with Crippen LogP contribution in [-0.2, 0) is 0 Å². The van der Waals surface area contributed by atoms with Gasteiger partial charge in [-0.2, -0.15) is 4.98 Å². The van der Waals surface area contributed by atoms with Crippen molar-refractivity contribution >= 4 is 21.9 Å². The Morgan fingerprint density at radius 1 is 1.50 bits per heavy atom. The van der Waals surface area contributed by atoms with E-state index in [0.717, 1.165) is 23.5 Å². The Hall–Kier alpha value is -0.880. The van der Waals surface area contributed by atoms with E-state index in [9.17, 15) is 0 Å². The number of ether oxygens (including phenoxy) is 1. The predicted molar refractivity (Wildman–Crippen MR) is 84.4 cm³/mol. The maximum absolute atomic E-state index is 5.25. The van der Waals surface area contributed by atoms with Crippen LogP contribution in [0.25, 0.3) is 0 Å². The molecule has 1 aliphatic heterocycles. The molecule has 1 fully saturated rings. The van der Waals surface area contributed by atoms with Crippen molar-refractivity contribution in [3.8, 4) is 5.88 Å². The first-order chi connectivity index (χ1) is 9.40. The van der Waals surface area contributed by atoms with Crippen molar-refractivity contribution in [1.29, 1.82) is 0 Å². The van der Waals surface area contributed by atoms with Crippen LogP contribution < -0.4 is 15.0 Å². The van der Waals surface area contributed by atoms with Gasteiger partial charge in [0.1, 0.15) is 0 Å². The molecule has 20 heavy (non-hydrogen) atoms. The van der Waals surface area contributed by atoms with Crippen molar-refractivity contribution in [3.05, 3.63) is 10.7 Å². The third-order valence-corrected chi connectivity index (χ3v) is 3.94. The molecule has 1 aromatic rings. The van der Waals surface area contributed by atoms with Gasteiger partial charge < -0.3 is 15.0 Å². The molecule has 1 N–H and O–H groups in total. The molecule has 0 amide bonds. The minimum absolute atomic E-state index is 0.131. The number of nitrogens with zero attached hydrogens (tertiary/aromatic N) is 3.